The van der Waals surface area contributed by atoms with Crippen LogP contribution in [-0.2, 0) is 4.79 Å². The first-order chi connectivity index (χ1) is 10.1. The number of carbonyl (C=O) groups excluding carboxylic acids is 1. The van der Waals surface area contributed by atoms with E-state index in [2.05, 4.69) is 10.6 Å². The fourth-order valence-corrected chi connectivity index (χ4v) is 2.36. The summed E-state index contributed by atoms with van der Waals surface area (Å²) in [5, 5.41) is 14.8. The molecule has 0 bridgehead atoms. The Kier molecular flexibility index (Phi) is 6.05. The van der Waals surface area contributed by atoms with E-state index in [1.807, 2.05) is 19.0 Å². The van der Waals surface area contributed by atoms with Gasteiger partial charge in [0.1, 0.15) is 0 Å². The molecular formula is C15H22ClN3O3. The van der Waals surface area contributed by atoms with Crippen molar-refractivity contribution < 1.29 is 14.7 Å². The number of carboxylic acid groups (broad SMARTS) is 1. The Morgan fingerprint density at radius 2 is 1.95 bits per heavy atom. The van der Waals surface area contributed by atoms with Gasteiger partial charge in [-0.15, -0.1) is 0 Å². The molecule has 0 radical (unpaired) electrons. The predicted molar refractivity (Wildman–Crippen MR) is 88.9 cm³/mol. The van der Waals surface area contributed by atoms with Gasteiger partial charge in [-0.2, -0.15) is 0 Å². The van der Waals surface area contributed by atoms with Gasteiger partial charge in [0.15, 0.2) is 0 Å². The maximum Gasteiger partial charge on any atom is 0.319 e. The van der Waals surface area contributed by atoms with Crippen molar-refractivity contribution in [2.24, 2.45) is 0 Å². The highest BCUT2D eigenvalue weighted by Crippen LogP contribution is 2.32. The van der Waals surface area contributed by atoms with E-state index in [1.54, 1.807) is 32.0 Å². The lowest BCUT2D eigenvalue weighted by atomic mass is 9.99. The summed E-state index contributed by atoms with van der Waals surface area (Å²) in [7, 11) is 3.67. The first-order valence-electron chi connectivity index (χ1n) is 6.89. The van der Waals surface area contributed by atoms with Gasteiger partial charge in [-0.1, -0.05) is 17.7 Å². The molecule has 0 aliphatic rings. The smallest absolute Gasteiger partial charge is 0.319 e. The first kappa shape index (κ1) is 18.1. The van der Waals surface area contributed by atoms with E-state index >= 15 is 0 Å². The number of aliphatic carboxylic acids is 1. The summed E-state index contributed by atoms with van der Waals surface area (Å²) in [4.78, 5) is 24.6. The topological polar surface area (TPSA) is 81.7 Å². The average Bonchev–Trinajstić information content (AvgIpc) is 2.35. The molecule has 22 heavy (non-hydrogen) atoms. The van der Waals surface area contributed by atoms with Crippen molar-refractivity contribution in [1.82, 2.24) is 5.32 Å². The highest BCUT2D eigenvalue weighted by molar-refractivity contribution is 6.34. The molecule has 122 valence electrons. The summed E-state index contributed by atoms with van der Waals surface area (Å²) in [5.74, 6) is -0.889. The van der Waals surface area contributed by atoms with E-state index in [0.717, 1.165) is 0 Å². The Morgan fingerprint density at radius 1 is 1.32 bits per heavy atom. The molecule has 1 rings (SSSR count). The number of nitrogens with zero attached hydrogens (tertiary/aromatic N) is 1. The zero-order chi connectivity index (χ0) is 16.9. The summed E-state index contributed by atoms with van der Waals surface area (Å²) >= 11 is 6.15. The number of halogens is 1. The van der Waals surface area contributed by atoms with Gasteiger partial charge in [0, 0.05) is 26.1 Å². The molecular weight excluding hydrogens is 306 g/mol. The van der Waals surface area contributed by atoms with E-state index < -0.39 is 17.5 Å². The van der Waals surface area contributed by atoms with Crippen molar-refractivity contribution >= 4 is 35.0 Å². The summed E-state index contributed by atoms with van der Waals surface area (Å²) in [6.45, 7) is 3.56. The van der Waals surface area contributed by atoms with Crippen LogP contribution < -0.4 is 15.5 Å². The van der Waals surface area contributed by atoms with E-state index in [0.29, 0.717) is 22.8 Å². The lowest BCUT2D eigenvalue weighted by Crippen LogP contribution is -2.45. The molecule has 0 unspecified atom stereocenters. The number of nitrogens with one attached hydrogen (secondary N) is 2. The second-order valence-electron chi connectivity index (χ2n) is 5.89. The molecule has 0 atom stereocenters. The van der Waals surface area contributed by atoms with Gasteiger partial charge in [-0.3, -0.25) is 4.79 Å². The molecule has 3 N–H and O–H groups in total. The third-order valence-corrected chi connectivity index (χ3v) is 3.40. The van der Waals surface area contributed by atoms with Gasteiger partial charge in [-0.05, 0) is 32.4 Å². The summed E-state index contributed by atoms with van der Waals surface area (Å²) in [6, 6.07) is 4.85. The van der Waals surface area contributed by atoms with Crippen LogP contribution in [0.5, 0.6) is 0 Å². The number of carboxylic acids is 1. The van der Waals surface area contributed by atoms with Crippen molar-refractivity contribution in [1.29, 1.82) is 0 Å². The first-order valence-corrected chi connectivity index (χ1v) is 7.27. The molecule has 0 aliphatic carbocycles. The molecule has 0 aliphatic heterocycles. The highest BCUT2D eigenvalue weighted by Gasteiger charge is 2.22. The molecule has 2 amide bonds. The van der Waals surface area contributed by atoms with Crippen LogP contribution in [0.3, 0.4) is 0 Å². The van der Waals surface area contributed by atoms with Crippen LogP contribution in [0.15, 0.2) is 18.2 Å². The third-order valence-electron chi connectivity index (χ3n) is 3.10. The van der Waals surface area contributed by atoms with Crippen molar-refractivity contribution in [2.75, 3.05) is 24.3 Å². The van der Waals surface area contributed by atoms with Gasteiger partial charge in [0.05, 0.1) is 16.4 Å². The standard InChI is InChI=1S/C15H22ClN3O3/c1-15(2,9-8-12(20)21)18-14(22)17-11-7-5-6-10(16)13(11)19(3)4/h5-7H,8-9H2,1-4H3,(H,20,21)(H2,17,18,22). The number of para-hydroxylation sites is 1. The number of amides is 2. The molecule has 6 nitrogen and oxygen atoms in total. The monoisotopic (exact) mass is 327 g/mol. The minimum absolute atomic E-state index is 0.00655. The van der Waals surface area contributed by atoms with E-state index in [1.165, 1.54) is 0 Å². The number of carbonyl (C=O) groups is 2. The van der Waals surface area contributed by atoms with Crippen molar-refractivity contribution in [3.05, 3.63) is 23.2 Å². The summed E-state index contributed by atoms with van der Waals surface area (Å²) < 4.78 is 0. The van der Waals surface area contributed by atoms with Crippen LogP contribution in [-0.4, -0.2) is 36.7 Å². The minimum Gasteiger partial charge on any atom is -0.481 e. The number of hydrogen-bond acceptors (Lipinski definition) is 3. The fraction of sp³-hybridized carbons (Fsp3) is 0.467. The quantitative estimate of drug-likeness (QED) is 0.749. The van der Waals surface area contributed by atoms with Crippen LogP contribution in [0.2, 0.25) is 5.02 Å². The van der Waals surface area contributed by atoms with E-state index in [-0.39, 0.29) is 6.42 Å². The van der Waals surface area contributed by atoms with E-state index in [9.17, 15) is 9.59 Å². The maximum absolute atomic E-state index is 12.1. The molecule has 1 aromatic carbocycles. The van der Waals surface area contributed by atoms with E-state index in [4.69, 9.17) is 16.7 Å². The minimum atomic E-state index is -0.889. The molecule has 0 saturated carbocycles. The Bertz CT molecular complexity index is 559. The fourth-order valence-electron chi connectivity index (χ4n) is 2.01. The van der Waals surface area contributed by atoms with Crippen LogP contribution in [0.25, 0.3) is 0 Å². The Labute approximate surface area is 135 Å². The van der Waals surface area contributed by atoms with Gasteiger partial charge in [0.25, 0.3) is 0 Å². The van der Waals surface area contributed by atoms with Gasteiger partial charge in [0.2, 0.25) is 0 Å². The zero-order valence-electron chi connectivity index (χ0n) is 13.2. The Hall–Kier alpha value is -1.95. The SMILES string of the molecule is CN(C)c1c(Cl)cccc1NC(=O)NC(C)(C)CCC(=O)O. The molecule has 0 heterocycles. The average molecular weight is 328 g/mol. The van der Waals surface area contributed by atoms with Gasteiger partial charge < -0.3 is 20.6 Å². The molecule has 0 spiro atoms. The van der Waals surface area contributed by atoms with Crippen molar-refractivity contribution in [3.8, 4) is 0 Å². The van der Waals surface area contributed by atoms with Crippen LogP contribution >= 0.6 is 11.6 Å². The lowest BCUT2D eigenvalue weighted by molar-refractivity contribution is -0.137. The highest BCUT2D eigenvalue weighted by atomic mass is 35.5. The van der Waals surface area contributed by atoms with Gasteiger partial charge in [-0.25, -0.2) is 4.79 Å². The maximum atomic E-state index is 12.1. The number of urea groups is 1. The second kappa shape index (κ2) is 7.35. The van der Waals surface area contributed by atoms with Crippen LogP contribution in [0, 0.1) is 0 Å². The van der Waals surface area contributed by atoms with Crippen LogP contribution in [0.1, 0.15) is 26.7 Å². The van der Waals surface area contributed by atoms with Crippen LogP contribution in [0.4, 0.5) is 16.2 Å². The lowest BCUT2D eigenvalue weighted by Gasteiger charge is -2.26. The number of rotatable bonds is 6. The molecule has 0 aromatic heterocycles. The van der Waals surface area contributed by atoms with Gasteiger partial charge >= 0.3 is 12.0 Å². The normalized spacial score (nSPS) is 11.0. The summed E-state index contributed by atoms with van der Waals surface area (Å²) in [6.07, 6.45) is 0.333. The second-order valence-corrected chi connectivity index (χ2v) is 6.29. The zero-order valence-corrected chi connectivity index (χ0v) is 14.0. The molecule has 1 aromatic rings. The predicted octanol–water partition coefficient (Wildman–Crippen LogP) is 3.17. The number of anilines is 2. The van der Waals surface area contributed by atoms with Crippen molar-refractivity contribution in [3.63, 3.8) is 0 Å². The summed E-state index contributed by atoms with van der Waals surface area (Å²) in [5.41, 5.74) is 0.672. The Balaban J connectivity index is 2.77. The van der Waals surface area contributed by atoms with Crippen molar-refractivity contribution in [2.45, 2.75) is 32.2 Å². The largest absolute Gasteiger partial charge is 0.481 e. The molecule has 0 saturated heterocycles. The molecule has 7 heteroatoms. The third kappa shape index (κ3) is 5.44. The number of benzene rings is 1. The number of hydrogen-bond donors (Lipinski definition) is 3. The molecule has 0 fully saturated rings. The Morgan fingerprint density at radius 3 is 2.50 bits per heavy atom.